The number of anilines is 1. The van der Waals surface area contributed by atoms with Crippen molar-refractivity contribution in [2.24, 2.45) is 0 Å². The summed E-state index contributed by atoms with van der Waals surface area (Å²) in [6.07, 6.45) is 7.95. The smallest absolute Gasteiger partial charge is 0.281 e. The second kappa shape index (κ2) is 11.0. The summed E-state index contributed by atoms with van der Waals surface area (Å²) < 4.78 is 7.57. The molecule has 2 fully saturated rings. The summed E-state index contributed by atoms with van der Waals surface area (Å²) in [5.41, 5.74) is 4.17. The van der Waals surface area contributed by atoms with E-state index in [2.05, 4.69) is 25.2 Å². The Balaban J connectivity index is 1.47. The number of thiocarbonyl (C=S) groups is 1. The number of carbonyl (C=O) groups is 2. The third-order valence-electron chi connectivity index (χ3n) is 7.41. The number of benzene rings is 2. The minimum absolute atomic E-state index is 0.136. The highest BCUT2D eigenvalue weighted by molar-refractivity contribution is 7.80. The second-order valence-corrected chi connectivity index (χ2v) is 10.3. The molecule has 0 spiro atoms. The molecular weight excluding hydrogens is 496 g/mol. The van der Waals surface area contributed by atoms with E-state index in [0.29, 0.717) is 23.1 Å². The summed E-state index contributed by atoms with van der Waals surface area (Å²) in [4.78, 5) is 30.3. The standard InChI is InChI=1S/C30H34N4O3S/c1-4-21-10-8-11-25-22(18-32(28(21)25)19-27(35)33-16-7-6-9-20(33)3)17-26-29(36)34(30(38)31-26)23-12-14-24(15-13-23)37-5-2/h8,10-15,17-18,20H,4-7,9,16,19H2,1-3H3,(H,31,38)/b26-17-/t20-/m1/s1. The fraction of sp³-hybridized carbons (Fsp3) is 0.367. The van der Waals surface area contributed by atoms with E-state index >= 15 is 0 Å². The van der Waals surface area contributed by atoms with Gasteiger partial charge >= 0.3 is 0 Å². The lowest BCUT2D eigenvalue weighted by atomic mass is 10.0. The van der Waals surface area contributed by atoms with Crippen LogP contribution >= 0.6 is 12.2 Å². The number of ether oxygens (including phenoxy) is 1. The molecule has 1 N–H and O–H groups in total. The Morgan fingerprint density at radius 3 is 2.66 bits per heavy atom. The van der Waals surface area contributed by atoms with Crippen LogP contribution in [0.2, 0.25) is 0 Å². The molecule has 2 aromatic carbocycles. The average Bonchev–Trinajstić information content (AvgIpc) is 3.40. The second-order valence-electron chi connectivity index (χ2n) is 9.87. The Hall–Kier alpha value is -3.65. The van der Waals surface area contributed by atoms with Gasteiger partial charge in [-0.15, -0.1) is 0 Å². The molecule has 1 atom stereocenters. The number of fused-ring (bicyclic) bond motifs is 1. The molecule has 3 heterocycles. The largest absolute Gasteiger partial charge is 0.494 e. The molecule has 8 heteroatoms. The number of piperidine rings is 1. The van der Waals surface area contributed by atoms with Crippen LogP contribution in [0.15, 0.2) is 54.4 Å². The Morgan fingerprint density at radius 2 is 1.95 bits per heavy atom. The van der Waals surface area contributed by atoms with E-state index in [1.54, 1.807) is 0 Å². The van der Waals surface area contributed by atoms with Crippen molar-refractivity contribution in [3.63, 3.8) is 0 Å². The van der Waals surface area contributed by atoms with E-state index in [-0.39, 0.29) is 24.4 Å². The van der Waals surface area contributed by atoms with E-state index in [1.165, 1.54) is 16.9 Å². The van der Waals surface area contributed by atoms with Crippen molar-refractivity contribution in [1.29, 1.82) is 0 Å². The number of amides is 2. The first kappa shape index (κ1) is 26.0. The molecule has 3 aromatic rings. The number of nitrogens with zero attached hydrogens (tertiary/aromatic N) is 3. The van der Waals surface area contributed by atoms with Crippen molar-refractivity contribution in [3.8, 4) is 5.75 Å². The van der Waals surface area contributed by atoms with Crippen LogP contribution in [-0.2, 0) is 22.6 Å². The molecule has 7 nitrogen and oxygen atoms in total. The lowest BCUT2D eigenvalue weighted by Crippen LogP contribution is -2.43. The molecule has 0 aliphatic carbocycles. The van der Waals surface area contributed by atoms with Gasteiger partial charge in [0.2, 0.25) is 5.91 Å². The molecule has 2 saturated heterocycles. The number of carbonyl (C=O) groups excluding carboxylic acids is 2. The van der Waals surface area contributed by atoms with Crippen LogP contribution in [0.25, 0.3) is 17.0 Å². The van der Waals surface area contributed by atoms with Crippen molar-refractivity contribution in [2.75, 3.05) is 18.1 Å². The zero-order valence-corrected chi connectivity index (χ0v) is 23.0. The molecule has 0 saturated carbocycles. The number of aromatic nitrogens is 1. The summed E-state index contributed by atoms with van der Waals surface area (Å²) in [5.74, 6) is 0.660. The van der Waals surface area contributed by atoms with E-state index in [9.17, 15) is 9.59 Å². The predicted molar refractivity (Wildman–Crippen MR) is 155 cm³/mol. The van der Waals surface area contributed by atoms with E-state index in [4.69, 9.17) is 17.0 Å². The van der Waals surface area contributed by atoms with Gasteiger partial charge in [0.15, 0.2) is 5.11 Å². The lowest BCUT2D eigenvalue weighted by molar-refractivity contribution is -0.135. The number of nitrogens with one attached hydrogen (secondary N) is 1. The Kier molecular flexibility index (Phi) is 7.51. The zero-order valence-electron chi connectivity index (χ0n) is 22.2. The minimum atomic E-state index is -0.218. The van der Waals surface area contributed by atoms with Crippen LogP contribution in [0, 0.1) is 0 Å². The first-order valence-electron chi connectivity index (χ1n) is 13.4. The molecule has 1 aromatic heterocycles. The molecule has 0 bridgehead atoms. The van der Waals surface area contributed by atoms with E-state index in [1.807, 2.05) is 65.1 Å². The highest BCUT2D eigenvalue weighted by Gasteiger charge is 2.32. The molecule has 0 unspecified atom stereocenters. The van der Waals surface area contributed by atoms with Gasteiger partial charge in [-0.25, -0.2) is 0 Å². The van der Waals surface area contributed by atoms with Gasteiger partial charge in [-0.3, -0.25) is 14.5 Å². The molecular formula is C30H34N4O3S. The lowest BCUT2D eigenvalue weighted by Gasteiger charge is -2.33. The third kappa shape index (κ3) is 4.92. The topological polar surface area (TPSA) is 66.8 Å². The molecule has 38 heavy (non-hydrogen) atoms. The van der Waals surface area contributed by atoms with E-state index < -0.39 is 0 Å². The molecule has 0 radical (unpaired) electrons. The number of hydrogen-bond acceptors (Lipinski definition) is 4. The number of para-hydroxylation sites is 1. The van der Waals surface area contributed by atoms with Gasteiger partial charge in [0.05, 0.1) is 17.8 Å². The van der Waals surface area contributed by atoms with Crippen molar-refractivity contribution < 1.29 is 14.3 Å². The highest BCUT2D eigenvalue weighted by atomic mass is 32.1. The van der Waals surface area contributed by atoms with Crippen LogP contribution in [0.1, 0.15) is 51.2 Å². The molecule has 198 valence electrons. The molecule has 2 aliphatic heterocycles. The summed E-state index contributed by atoms with van der Waals surface area (Å²) in [7, 11) is 0. The number of aryl methyl sites for hydroxylation is 1. The third-order valence-corrected chi connectivity index (χ3v) is 7.69. The van der Waals surface area contributed by atoms with Crippen molar-refractivity contribution in [3.05, 3.63) is 65.5 Å². The van der Waals surface area contributed by atoms with Crippen LogP contribution < -0.4 is 15.0 Å². The van der Waals surface area contributed by atoms with E-state index in [0.717, 1.165) is 48.0 Å². The number of rotatable bonds is 7. The maximum Gasteiger partial charge on any atom is 0.281 e. The Bertz CT molecular complexity index is 1410. The first-order valence-corrected chi connectivity index (χ1v) is 13.8. The van der Waals surface area contributed by atoms with Gasteiger partial charge < -0.3 is 19.5 Å². The van der Waals surface area contributed by atoms with Gasteiger partial charge in [-0.1, -0.05) is 25.1 Å². The van der Waals surface area contributed by atoms with Gasteiger partial charge in [-0.2, -0.15) is 0 Å². The summed E-state index contributed by atoms with van der Waals surface area (Å²) in [6.45, 7) is 7.85. The quantitative estimate of drug-likeness (QED) is 0.333. The predicted octanol–water partition coefficient (Wildman–Crippen LogP) is 5.27. The Morgan fingerprint density at radius 1 is 1.16 bits per heavy atom. The van der Waals surface area contributed by atoms with Crippen LogP contribution in [0.4, 0.5) is 5.69 Å². The number of hydrogen-bond donors (Lipinski definition) is 1. The first-order chi connectivity index (χ1) is 18.4. The summed E-state index contributed by atoms with van der Waals surface area (Å²) >= 11 is 5.52. The van der Waals surface area contributed by atoms with Gasteiger partial charge in [-0.05, 0) is 87.7 Å². The fourth-order valence-corrected chi connectivity index (χ4v) is 5.78. The maximum atomic E-state index is 13.4. The molecule has 2 amide bonds. The van der Waals surface area contributed by atoms with Gasteiger partial charge in [0, 0.05) is 29.7 Å². The van der Waals surface area contributed by atoms with Crippen LogP contribution in [0.3, 0.4) is 0 Å². The monoisotopic (exact) mass is 530 g/mol. The maximum absolute atomic E-state index is 13.4. The van der Waals surface area contributed by atoms with Gasteiger partial charge in [0.25, 0.3) is 5.91 Å². The highest BCUT2D eigenvalue weighted by Crippen LogP contribution is 2.30. The Labute approximate surface area is 229 Å². The van der Waals surface area contributed by atoms with Crippen LogP contribution in [-0.4, -0.2) is 45.6 Å². The van der Waals surface area contributed by atoms with Crippen molar-refractivity contribution in [2.45, 2.75) is 59.0 Å². The van der Waals surface area contributed by atoms with Crippen LogP contribution in [0.5, 0.6) is 5.75 Å². The number of likely N-dealkylation sites (tertiary alicyclic amines) is 1. The van der Waals surface area contributed by atoms with Crippen molar-refractivity contribution in [1.82, 2.24) is 14.8 Å². The molecule has 5 rings (SSSR count). The fourth-order valence-electron chi connectivity index (χ4n) is 5.48. The molecule has 2 aliphatic rings. The summed E-state index contributed by atoms with van der Waals surface area (Å²) in [5, 5.41) is 4.44. The normalized spacial score (nSPS) is 18.9. The van der Waals surface area contributed by atoms with Gasteiger partial charge in [0.1, 0.15) is 18.0 Å². The van der Waals surface area contributed by atoms with Crippen molar-refractivity contribution >= 4 is 51.8 Å². The summed E-state index contributed by atoms with van der Waals surface area (Å²) in [6, 6.07) is 13.8. The SMILES string of the molecule is CCOc1ccc(N2C(=O)/C(=C/c3cn(CC(=O)N4CCCC[C@H]4C)c4c(CC)cccc34)NC2=S)cc1. The zero-order chi connectivity index (χ0) is 26.8. The average molecular weight is 531 g/mol. The minimum Gasteiger partial charge on any atom is -0.494 e.